The molecule has 2 rings (SSSR count). The van der Waals surface area contributed by atoms with E-state index in [9.17, 15) is 28.2 Å². The monoisotopic (exact) mass is 447 g/mol. The lowest BCUT2D eigenvalue weighted by atomic mass is 10.1. The molecule has 0 fully saturated rings. The van der Waals surface area contributed by atoms with Crippen LogP contribution in [0.4, 0.5) is 13.2 Å². The van der Waals surface area contributed by atoms with E-state index in [1.54, 1.807) is 12.1 Å². The minimum absolute atomic E-state index is 0.0413. The number of nitrogens with zero attached hydrogens (tertiary/aromatic N) is 1. The van der Waals surface area contributed by atoms with Gasteiger partial charge in [-0.3, -0.25) is 4.79 Å². The first-order valence-corrected chi connectivity index (χ1v) is 8.60. The smallest absolute Gasteiger partial charge is 0.471 e. The number of benzene rings is 2. The molecule has 2 N–H and O–H groups in total. The number of phenols is 2. The average molecular weight is 448 g/mol. The Morgan fingerprint density at radius 3 is 2.37 bits per heavy atom. The van der Waals surface area contributed by atoms with Crippen LogP contribution in [0.25, 0.3) is 0 Å². The molecule has 0 radical (unpaired) electrons. The fourth-order valence-corrected chi connectivity index (χ4v) is 2.88. The maximum Gasteiger partial charge on any atom is 0.471 e. The number of hydrogen-bond acceptors (Lipinski definition) is 4. The van der Waals surface area contributed by atoms with Crippen molar-refractivity contribution in [3.05, 3.63) is 52.0 Å². The average Bonchev–Trinajstić information content (AvgIpc) is 2.61. The number of amides is 1. The number of ether oxygens (including phenoxy) is 1. The first-order valence-electron chi connectivity index (χ1n) is 7.81. The van der Waals surface area contributed by atoms with Gasteiger partial charge in [-0.05, 0) is 41.8 Å². The van der Waals surface area contributed by atoms with E-state index in [-0.39, 0.29) is 36.8 Å². The van der Waals surface area contributed by atoms with E-state index in [1.165, 1.54) is 31.4 Å². The Bertz CT molecular complexity index is 809. The molecule has 2 aromatic rings. The molecular weight excluding hydrogens is 431 g/mol. The van der Waals surface area contributed by atoms with Crippen LogP contribution in [-0.4, -0.2) is 40.9 Å². The Balaban J connectivity index is 2.23. The van der Waals surface area contributed by atoms with E-state index < -0.39 is 12.1 Å². The number of carbonyl (C=O) groups is 1. The number of phenolic OH excluding ortho intramolecular Hbond substituents is 2. The van der Waals surface area contributed by atoms with Crippen LogP contribution >= 0.6 is 15.9 Å². The quantitative estimate of drug-likeness (QED) is 0.701. The van der Waals surface area contributed by atoms with Gasteiger partial charge in [0.25, 0.3) is 0 Å². The molecule has 0 atom stereocenters. The van der Waals surface area contributed by atoms with Crippen LogP contribution in [0.3, 0.4) is 0 Å². The predicted molar refractivity (Wildman–Crippen MR) is 95.6 cm³/mol. The second-order valence-electron chi connectivity index (χ2n) is 5.76. The molecule has 146 valence electrons. The summed E-state index contributed by atoms with van der Waals surface area (Å²) in [7, 11) is 1.35. The third kappa shape index (κ3) is 5.53. The summed E-state index contributed by atoms with van der Waals surface area (Å²) in [5, 5.41) is 19.1. The van der Waals surface area contributed by atoms with Gasteiger partial charge in [0.2, 0.25) is 0 Å². The number of carbonyl (C=O) groups excluding carboxylic acids is 1. The van der Waals surface area contributed by atoms with Gasteiger partial charge in [-0.1, -0.05) is 28.1 Å². The number of alkyl halides is 3. The van der Waals surface area contributed by atoms with Gasteiger partial charge in [-0.25, -0.2) is 0 Å². The molecule has 9 heteroatoms. The maximum absolute atomic E-state index is 13.0. The first-order chi connectivity index (χ1) is 12.6. The first kappa shape index (κ1) is 20.9. The highest BCUT2D eigenvalue weighted by molar-refractivity contribution is 9.10. The zero-order valence-electron chi connectivity index (χ0n) is 14.3. The van der Waals surface area contributed by atoms with Crippen molar-refractivity contribution in [3.8, 4) is 17.2 Å². The predicted octanol–water partition coefficient (Wildman–Crippen LogP) is 4.00. The van der Waals surface area contributed by atoms with Crippen molar-refractivity contribution in [2.75, 3.05) is 13.7 Å². The standard InChI is InChI=1S/C18H17BrF3NO4/c1-27-16-9-14(19)12(8-15(16)25)10-23(17(26)18(20,21)22)7-6-11-2-4-13(24)5-3-11/h2-5,8-9,24-25H,6-7,10H2,1H3. The Labute approximate surface area is 162 Å². The fourth-order valence-electron chi connectivity index (χ4n) is 2.44. The van der Waals surface area contributed by atoms with Gasteiger partial charge in [0, 0.05) is 17.6 Å². The van der Waals surface area contributed by atoms with Crippen LogP contribution in [-0.2, 0) is 17.8 Å². The SMILES string of the molecule is COc1cc(Br)c(CN(CCc2ccc(O)cc2)C(=O)C(F)(F)F)cc1O. The molecule has 0 aliphatic heterocycles. The third-order valence-electron chi connectivity index (χ3n) is 3.85. The van der Waals surface area contributed by atoms with Crippen molar-refractivity contribution in [3.63, 3.8) is 0 Å². The molecule has 1 amide bonds. The molecule has 0 aromatic heterocycles. The lowest BCUT2D eigenvalue weighted by Crippen LogP contribution is -2.41. The van der Waals surface area contributed by atoms with Crippen LogP contribution in [0.1, 0.15) is 11.1 Å². The number of hydrogen-bond donors (Lipinski definition) is 2. The number of halogens is 4. The van der Waals surface area contributed by atoms with E-state index in [0.29, 0.717) is 20.5 Å². The van der Waals surface area contributed by atoms with E-state index in [1.807, 2.05) is 0 Å². The minimum Gasteiger partial charge on any atom is -0.508 e. The van der Waals surface area contributed by atoms with Crippen LogP contribution in [0.15, 0.2) is 40.9 Å². The largest absolute Gasteiger partial charge is 0.508 e. The van der Waals surface area contributed by atoms with Gasteiger partial charge in [0.15, 0.2) is 11.5 Å². The molecule has 0 aliphatic carbocycles. The normalized spacial score (nSPS) is 11.3. The van der Waals surface area contributed by atoms with E-state index in [4.69, 9.17) is 4.74 Å². The molecule has 0 spiro atoms. The molecule has 0 saturated carbocycles. The lowest BCUT2D eigenvalue weighted by molar-refractivity contribution is -0.186. The lowest BCUT2D eigenvalue weighted by Gasteiger charge is -2.25. The van der Waals surface area contributed by atoms with Crippen molar-refractivity contribution < 1.29 is 32.9 Å². The molecule has 0 unspecified atom stereocenters. The Hall–Kier alpha value is -2.42. The maximum atomic E-state index is 13.0. The zero-order valence-corrected chi connectivity index (χ0v) is 15.8. The molecule has 0 aliphatic rings. The number of aromatic hydroxyl groups is 2. The van der Waals surface area contributed by atoms with Crippen molar-refractivity contribution >= 4 is 21.8 Å². The van der Waals surface area contributed by atoms with E-state index in [2.05, 4.69) is 15.9 Å². The number of rotatable bonds is 6. The molecule has 27 heavy (non-hydrogen) atoms. The van der Waals surface area contributed by atoms with Gasteiger partial charge in [0.05, 0.1) is 7.11 Å². The van der Waals surface area contributed by atoms with Crippen molar-refractivity contribution in [2.45, 2.75) is 19.1 Å². The molecule has 0 saturated heterocycles. The summed E-state index contributed by atoms with van der Waals surface area (Å²) < 4.78 is 44.3. The second kappa shape index (κ2) is 8.51. The summed E-state index contributed by atoms with van der Waals surface area (Å²) in [4.78, 5) is 12.5. The Kier molecular flexibility index (Phi) is 6.59. The zero-order chi connectivity index (χ0) is 20.2. The second-order valence-corrected chi connectivity index (χ2v) is 6.61. The minimum atomic E-state index is -5.02. The summed E-state index contributed by atoms with van der Waals surface area (Å²) in [6.45, 7) is -0.545. The molecule has 0 bridgehead atoms. The van der Waals surface area contributed by atoms with Crippen LogP contribution < -0.4 is 4.74 Å². The highest BCUT2D eigenvalue weighted by Gasteiger charge is 2.42. The summed E-state index contributed by atoms with van der Waals surface area (Å²) in [5.74, 6) is -2.01. The van der Waals surface area contributed by atoms with Crippen molar-refractivity contribution in [1.29, 1.82) is 0 Å². The van der Waals surface area contributed by atoms with Crippen molar-refractivity contribution in [1.82, 2.24) is 4.90 Å². The summed E-state index contributed by atoms with van der Waals surface area (Å²) >= 11 is 3.22. The topological polar surface area (TPSA) is 70.0 Å². The van der Waals surface area contributed by atoms with Crippen molar-refractivity contribution in [2.24, 2.45) is 0 Å². The Morgan fingerprint density at radius 2 is 1.81 bits per heavy atom. The van der Waals surface area contributed by atoms with Gasteiger partial charge < -0.3 is 19.8 Å². The summed E-state index contributed by atoms with van der Waals surface area (Å²) in [5.41, 5.74) is 0.973. The van der Waals surface area contributed by atoms with Gasteiger partial charge in [-0.15, -0.1) is 0 Å². The van der Waals surface area contributed by atoms with Crippen LogP contribution in [0, 0.1) is 0 Å². The molecule has 2 aromatic carbocycles. The van der Waals surface area contributed by atoms with E-state index >= 15 is 0 Å². The third-order valence-corrected chi connectivity index (χ3v) is 4.58. The fraction of sp³-hybridized carbons (Fsp3) is 0.278. The molecule has 5 nitrogen and oxygen atoms in total. The summed E-state index contributed by atoms with van der Waals surface area (Å²) in [6, 6.07) is 8.65. The van der Waals surface area contributed by atoms with Gasteiger partial charge in [0.1, 0.15) is 5.75 Å². The molecule has 0 heterocycles. The van der Waals surface area contributed by atoms with E-state index in [0.717, 1.165) is 0 Å². The Morgan fingerprint density at radius 1 is 1.19 bits per heavy atom. The van der Waals surface area contributed by atoms with Crippen LogP contribution in [0.5, 0.6) is 17.2 Å². The highest BCUT2D eigenvalue weighted by atomic mass is 79.9. The highest BCUT2D eigenvalue weighted by Crippen LogP contribution is 2.33. The molecular formula is C18H17BrF3NO4. The summed E-state index contributed by atoms with van der Waals surface area (Å²) in [6.07, 6.45) is -4.85. The van der Waals surface area contributed by atoms with Gasteiger partial charge >= 0.3 is 12.1 Å². The number of methoxy groups -OCH3 is 1. The van der Waals surface area contributed by atoms with Gasteiger partial charge in [-0.2, -0.15) is 13.2 Å². The van der Waals surface area contributed by atoms with Crippen LogP contribution in [0.2, 0.25) is 0 Å².